The third-order valence-electron chi connectivity index (χ3n) is 2.65. The van der Waals surface area contributed by atoms with Crippen LogP contribution in [0.5, 0.6) is 5.75 Å². The van der Waals surface area contributed by atoms with Crippen molar-refractivity contribution in [3.8, 4) is 5.75 Å². The highest BCUT2D eigenvalue weighted by atomic mass is 16.6. The topological polar surface area (TPSA) is 119 Å². The maximum Gasteiger partial charge on any atom is 0.326 e. The van der Waals surface area contributed by atoms with Gasteiger partial charge >= 0.3 is 5.97 Å². The molecule has 1 aromatic rings. The molecule has 0 aliphatic carbocycles. The van der Waals surface area contributed by atoms with E-state index in [1.807, 2.05) is 0 Å². The fraction of sp³-hybridized carbons (Fsp3) is 0.385. The zero-order valence-corrected chi connectivity index (χ0v) is 11.6. The second kappa shape index (κ2) is 7.22. The number of amides is 1. The fourth-order valence-corrected chi connectivity index (χ4v) is 1.56. The van der Waals surface area contributed by atoms with Crippen LogP contribution in [0.4, 0.5) is 5.69 Å². The lowest BCUT2D eigenvalue weighted by atomic mass is 10.1. The first-order valence-electron chi connectivity index (χ1n) is 6.20. The molecule has 21 heavy (non-hydrogen) atoms. The molecule has 0 spiro atoms. The van der Waals surface area contributed by atoms with Crippen molar-refractivity contribution in [1.29, 1.82) is 0 Å². The van der Waals surface area contributed by atoms with Crippen molar-refractivity contribution in [2.24, 2.45) is 5.92 Å². The van der Waals surface area contributed by atoms with Crippen LogP contribution < -0.4 is 10.1 Å². The van der Waals surface area contributed by atoms with Gasteiger partial charge in [0.1, 0.15) is 11.8 Å². The summed E-state index contributed by atoms with van der Waals surface area (Å²) < 4.78 is 5.11. The number of ether oxygens (including phenoxy) is 1. The molecular formula is C13H16N2O6. The number of hydrogen-bond acceptors (Lipinski definition) is 5. The van der Waals surface area contributed by atoms with Crippen molar-refractivity contribution in [2.45, 2.75) is 19.9 Å². The molecule has 0 radical (unpaired) electrons. The van der Waals surface area contributed by atoms with Gasteiger partial charge < -0.3 is 15.2 Å². The predicted molar refractivity (Wildman–Crippen MR) is 73.0 cm³/mol. The fourth-order valence-electron chi connectivity index (χ4n) is 1.56. The van der Waals surface area contributed by atoms with Gasteiger partial charge in [-0.1, -0.05) is 19.9 Å². The van der Waals surface area contributed by atoms with Gasteiger partial charge in [0.15, 0.2) is 6.61 Å². The molecule has 1 amide bonds. The number of carboxylic acids is 1. The Labute approximate surface area is 120 Å². The van der Waals surface area contributed by atoms with Crippen molar-refractivity contribution in [3.63, 3.8) is 0 Å². The predicted octanol–water partition coefficient (Wildman–Crippen LogP) is 1.20. The van der Waals surface area contributed by atoms with Gasteiger partial charge in [-0.3, -0.25) is 14.9 Å². The van der Waals surface area contributed by atoms with Crippen molar-refractivity contribution < 1.29 is 24.4 Å². The van der Waals surface area contributed by atoms with E-state index in [4.69, 9.17) is 9.84 Å². The van der Waals surface area contributed by atoms with E-state index in [0.717, 1.165) is 0 Å². The second-order valence-electron chi connectivity index (χ2n) is 4.67. The summed E-state index contributed by atoms with van der Waals surface area (Å²) in [6.45, 7) is 2.92. The number of carboxylic acid groups (broad SMARTS) is 1. The minimum Gasteiger partial charge on any atom is -0.484 e. The van der Waals surface area contributed by atoms with E-state index in [9.17, 15) is 19.7 Å². The Balaban J connectivity index is 2.58. The summed E-state index contributed by atoms with van der Waals surface area (Å²) >= 11 is 0. The Hall–Kier alpha value is -2.64. The number of non-ortho nitro benzene ring substituents is 1. The van der Waals surface area contributed by atoms with Crippen LogP contribution in [0.15, 0.2) is 24.3 Å². The highest BCUT2D eigenvalue weighted by Crippen LogP contribution is 2.18. The number of nitrogens with zero attached hydrogens (tertiary/aromatic N) is 1. The number of carbonyl (C=O) groups is 2. The normalized spacial score (nSPS) is 11.8. The Morgan fingerprint density at radius 3 is 2.62 bits per heavy atom. The number of hydrogen-bond donors (Lipinski definition) is 2. The minimum atomic E-state index is -1.13. The number of nitro groups is 1. The van der Waals surface area contributed by atoms with Crippen LogP contribution in [0.2, 0.25) is 0 Å². The lowest BCUT2D eigenvalue weighted by molar-refractivity contribution is -0.384. The highest BCUT2D eigenvalue weighted by Gasteiger charge is 2.23. The van der Waals surface area contributed by atoms with Crippen LogP contribution in [0.3, 0.4) is 0 Å². The molecule has 0 heterocycles. The van der Waals surface area contributed by atoms with Gasteiger partial charge in [-0.25, -0.2) is 4.79 Å². The largest absolute Gasteiger partial charge is 0.484 e. The maximum atomic E-state index is 11.6. The van der Waals surface area contributed by atoms with Gasteiger partial charge in [-0.05, 0) is 12.0 Å². The van der Waals surface area contributed by atoms with Gasteiger partial charge in [-0.15, -0.1) is 0 Å². The van der Waals surface area contributed by atoms with Crippen molar-refractivity contribution in [1.82, 2.24) is 5.32 Å². The summed E-state index contributed by atoms with van der Waals surface area (Å²) in [5.41, 5.74) is -0.154. The molecule has 0 aliphatic rings. The molecule has 0 aliphatic heterocycles. The summed E-state index contributed by atoms with van der Waals surface area (Å²) in [6, 6.07) is 4.37. The quantitative estimate of drug-likeness (QED) is 0.576. The van der Waals surface area contributed by atoms with Gasteiger partial charge in [0, 0.05) is 6.07 Å². The smallest absolute Gasteiger partial charge is 0.326 e. The van der Waals surface area contributed by atoms with E-state index in [0.29, 0.717) is 0 Å². The average molecular weight is 296 g/mol. The molecule has 1 aromatic carbocycles. The van der Waals surface area contributed by atoms with Crippen molar-refractivity contribution >= 4 is 17.6 Å². The molecule has 0 saturated heterocycles. The molecule has 2 N–H and O–H groups in total. The van der Waals surface area contributed by atoms with Gasteiger partial charge in [0.2, 0.25) is 0 Å². The lowest BCUT2D eigenvalue weighted by Crippen LogP contribution is -2.46. The number of benzene rings is 1. The van der Waals surface area contributed by atoms with Crippen LogP contribution in [-0.4, -0.2) is 34.6 Å². The maximum absolute atomic E-state index is 11.6. The number of carbonyl (C=O) groups excluding carboxylic acids is 1. The molecule has 0 bridgehead atoms. The first-order chi connectivity index (χ1) is 9.81. The Morgan fingerprint density at radius 1 is 1.43 bits per heavy atom. The van der Waals surface area contributed by atoms with Crippen LogP contribution in [0, 0.1) is 16.0 Å². The van der Waals surface area contributed by atoms with E-state index in [1.165, 1.54) is 24.3 Å². The van der Waals surface area contributed by atoms with Crippen LogP contribution >= 0.6 is 0 Å². The summed E-state index contributed by atoms with van der Waals surface area (Å²) in [5, 5.41) is 21.9. The third-order valence-corrected chi connectivity index (χ3v) is 2.65. The Bertz CT molecular complexity index is 543. The highest BCUT2D eigenvalue weighted by molar-refractivity contribution is 5.84. The standard InChI is InChI=1S/C13H16N2O6/c1-8(2)12(13(17)18)14-11(16)7-21-10-5-3-4-9(6-10)15(19)20/h3-6,8,12H,7H2,1-2H3,(H,14,16)(H,17,18)/t12-/m1/s1. The van der Waals surface area contributed by atoms with E-state index in [1.54, 1.807) is 13.8 Å². The summed E-state index contributed by atoms with van der Waals surface area (Å²) in [4.78, 5) is 32.6. The van der Waals surface area contributed by atoms with Gasteiger partial charge in [0.05, 0.1) is 11.0 Å². The number of aliphatic carboxylic acids is 1. The molecule has 8 heteroatoms. The van der Waals surface area contributed by atoms with Crippen LogP contribution in [0.1, 0.15) is 13.8 Å². The molecule has 1 atom stereocenters. The van der Waals surface area contributed by atoms with Gasteiger partial charge in [-0.2, -0.15) is 0 Å². The van der Waals surface area contributed by atoms with E-state index in [2.05, 4.69) is 5.32 Å². The van der Waals surface area contributed by atoms with E-state index >= 15 is 0 Å². The molecule has 114 valence electrons. The zero-order valence-electron chi connectivity index (χ0n) is 11.6. The van der Waals surface area contributed by atoms with Crippen molar-refractivity contribution in [3.05, 3.63) is 34.4 Å². The first-order valence-corrected chi connectivity index (χ1v) is 6.20. The Morgan fingerprint density at radius 2 is 2.10 bits per heavy atom. The molecular weight excluding hydrogens is 280 g/mol. The van der Waals surface area contributed by atoms with Crippen molar-refractivity contribution in [2.75, 3.05) is 6.61 Å². The zero-order chi connectivity index (χ0) is 16.0. The molecule has 1 rings (SSSR count). The summed E-state index contributed by atoms with van der Waals surface area (Å²) in [5.74, 6) is -1.85. The molecule has 0 unspecified atom stereocenters. The molecule has 0 fully saturated rings. The monoisotopic (exact) mass is 296 g/mol. The SMILES string of the molecule is CC(C)[C@@H](NC(=O)COc1cccc([N+](=O)[O-])c1)C(=O)O. The first kappa shape index (κ1) is 16.4. The summed E-state index contributed by atoms with van der Waals surface area (Å²) in [6.07, 6.45) is 0. The van der Waals surface area contributed by atoms with E-state index in [-0.39, 0.29) is 17.4 Å². The third kappa shape index (κ3) is 5.09. The molecule has 8 nitrogen and oxygen atoms in total. The minimum absolute atomic E-state index is 0.154. The Kier molecular flexibility index (Phi) is 5.65. The second-order valence-corrected chi connectivity index (χ2v) is 4.67. The lowest BCUT2D eigenvalue weighted by Gasteiger charge is -2.17. The average Bonchev–Trinajstić information content (AvgIpc) is 2.42. The molecule has 0 aromatic heterocycles. The number of nitro benzene ring substituents is 1. The van der Waals surface area contributed by atoms with Crippen LogP contribution in [-0.2, 0) is 9.59 Å². The van der Waals surface area contributed by atoms with E-state index < -0.39 is 29.4 Å². The number of rotatable bonds is 7. The summed E-state index contributed by atoms with van der Waals surface area (Å²) in [7, 11) is 0. The molecule has 0 saturated carbocycles. The number of nitrogens with one attached hydrogen (secondary N) is 1. The van der Waals surface area contributed by atoms with Gasteiger partial charge in [0.25, 0.3) is 11.6 Å². The van der Waals surface area contributed by atoms with Crippen LogP contribution in [0.25, 0.3) is 0 Å².